The van der Waals surface area contributed by atoms with Crippen LogP contribution in [0.15, 0.2) is 12.1 Å². The van der Waals surface area contributed by atoms with Crippen LogP contribution in [0.3, 0.4) is 0 Å². The standard InChI is InChI=1S/C34H58O4S2/c35-39(36)25-21-17-13-9-5-6-10-14-18-22-26-40(37,38)30-33-28-31-23-19-15-11-7-3-1-2-4-8-12-16-20-24-34(33)32(27-31)29-39/h27-28H,1-26,29-30H2. The third kappa shape index (κ3) is 13.9. The molecule has 230 valence electrons. The maximum absolute atomic E-state index is 13.3. The summed E-state index contributed by atoms with van der Waals surface area (Å²) >= 11 is 0. The van der Waals surface area contributed by atoms with Crippen molar-refractivity contribution in [2.75, 3.05) is 11.5 Å². The molecule has 0 saturated carbocycles. The number of aryl methyl sites for hydroxylation is 1. The topological polar surface area (TPSA) is 68.3 Å². The van der Waals surface area contributed by atoms with Crippen LogP contribution in [-0.4, -0.2) is 28.3 Å². The summed E-state index contributed by atoms with van der Waals surface area (Å²) in [6.07, 6.45) is 26.8. The number of sulfone groups is 2. The van der Waals surface area contributed by atoms with E-state index in [2.05, 4.69) is 12.1 Å². The van der Waals surface area contributed by atoms with E-state index in [9.17, 15) is 16.8 Å². The summed E-state index contributed by atoms with van der Waals surface area (Å²) < 4.78 is 53.4. The Hall–Kier alpha value is -0.880. The van der Waals surface area contributed by atoms with Crippen molar-refractivity contribution in [3.8, 4) is 0 Å². The minimum absolute atomic E-state index is 0.0588. The van der Waals surface area contributed by atoms with Crippen molar-refractivity contribution in [2.24, 2.45) is 0 Å². The molecule has 4 nitrogen and oxygen atoms in total. The second kappa shape index (κ2) is 18.6. The molecule has 1 aromatic carbocycles. The monoisotopic (exact) mass is 594 g/mol. The van der Waals surface area contributed by atoms with Crippen LogP contribution in [0.5, 0.6) is 0 Å². The number of benzene rings is 1. The van der Waals surface area contributed by atoms with Crippen LogP contribution in [-0.2, 0) is 44.0 Å². The molecule has 3 aliphatic rings. The first kappa shape index (κ1) is 33.6. The number of fused-ring (bicyclic) bond motifs is 13. The van der Waals surface area contributed by atoms with E-state index in [1.165, 1.54) is 83.5 Å². The summed E-state index contributed by atoms with van der Waals surface area (Å²) in [5.41, 5.74) is 3.93. The molecule has 4 rings (SSSR count). The highest BCUT2D eigenvalue weighted by atomic mass is 32.2. The molecule has 2 aliphatic carbocycles. The molecule has 6 heteroatoms. The van der Waals surface area contributed by atoms with Crippen molar-refractivity contribution in [3.63, 3.8) is 0 Å². The average molecular weight is 595 g/mol. The molecule has 40 heavy (non-hydrogen) atoms. The minimum Gasteiger partial charge on any atom is -0.228 e. The van der Waals surface area contributed by atoms with Crippen LogP contribution in [0.2, 0.25) is 0 Å². The Kier molecular flexibility index (Phi) is 15.6. The lowest BCUT2D eigenvalue weighted by Gasteiger charge is -2.19. The van der Waals surface area contributed by atoms with E-state index in [4.69, 9.17) is 0 Å². The van der Waals surface area contributed by atoms with Gasteiger partial charge in [-0.2, -0.15) is 0 Å². The number of rotatable bonds is 0. The van der Waals surface area contributed by atoms with Crippen LogP contribution in [0.1, 0.15) is 164 Å². The highest BCUT2D eigenvalue weighted by Gasteiger charge is 2.21. The molecule has 0 atom stereocenters. The van der Waals surface area contributed by atoms with Crippen LogP contribution >= 0.6 is 0 Å². The first-order valence-electron chi connectivity index (χ1n) is 16.9. The largest absolute Gasteiger partial charge is 0.228 e. The van der Waals surface area contributed by atoms with Gasteiger partial charge < -0.3 is 0 Å². The summed E-state index contributed by atoms with van der Waals surface area (Å²) in [5, 5.41) is 0. The van der Waals surface area contributed by atoms with E-state index in [-0.39, 0.29) is 23.0 Å². The van der Waals surface area contributed by atoms with E-state index in [0.717, 1.165) is 92.9 Å². The zero-order valence-electron chi connectivity index (χ0n) is 25.4. The molecule has 0 unspecified atom stereocenters. The van der Waals surface area contributed by atoms with Gasteiger partial charge in [0.1, 0.15) is 0 Å². The van der Waals surface area contributed by atoms with Gasteiger partial charge in [-0.15, -0.1) is 0 Å². The van der Waals surface area contributed by atoms with Crippen LogP contribution in [0.4, 0.5) is 0 Å². The minimum atomic E-state index is -3.25. The van der Waals surface area contributed by atoms with Crippen LogP contribution in [0, 0.1) is 0 Å². The molecule has 0 spiro atoms. The molecular formula is C34H58O4S2. The third-order valence-electron chi connectivity index (χ3n) is 9.05. The van der Waals surface area contributed by atoms with E-state index in [1.54, 1.807) is 0 Å². The van der Waals surface area contributed by atoms with E-state index in [1.807, 2.05) is 0 Å². The first-order chi connectivity index (χ1) is 19.3. The number of hydrogen-bond donors (Lipinski definition) is 0. The second-order valence-corrected chi connectivity index (χ2v) is 17.2. The Balaban J connectivity index is 1.90. The normalized spacial score (nSPS) is 24.0. The van der Waals surface area contributed by atoms with Crippen molar-refractivity contribution < 1.29 is 16.8 Å². The van der Waals surface area contributed by atoms with Crippen molar-refractivity contribution in [2.45, 2.75) is 166 Å². The van der Waals surface area contributed by atoms with Crippen molar-refractivity contribution in [1.82, 2.24) is 0 Å². The predicted octanol–water partition coefficient (Wildman–Crippen LogP) is 9.21. The first-order valence-corrected chi connectivity index (χ1v) is 20.5. The fourth-order valence-electron chi connectivity index (χ4n) is 6.67. The lowest BCUT2D eigenvalue weighted by Crippen LogP contribution is -2.16. The van der Waals surface area contributed by atoms with Gasteiger partial charge in [0.05, 0.1) is 23.0 Å². The Labute approximate surface area is 247 Å². The van der Waals surface area contributed by atoms with E-state index >= 15 is 0 Å². The van der Waals surface area contributed by atoms with E-state index in [0.29, 0.717) is 0 Å². The summed E-state index contributed by atoms with van der Waals surface area (Å²) in [5.74, 6) is 0.598. The lowest BCUT2D eigenvalue weighted by molar-refractivity contribution is 0.539. The Bertz CT molecular complexity index is 992. The Morgan fingerprint density at radius 1 is 0.375 bits per heavy atom. The third-order valence-corrected chi connectivity index (χ3v) is 12.4. The smallest absolute Gasteiger partial charge is 0.154 e. The van der Waals surface area contributed by atoms with Gasteiger partial charge >= 0.3 is 0 Å². The van der Waals surface area contributed by atoms with Gasteiger partial charge in [-0.1, -0.05) is 128 Å². The summed E-state index contributed by atoms with van der Waals surface area (Å²) in [6.45, 7) is 0. The fraction of sp³-hybridized carbons (Fsp3) is 0.824. The van der Waals surface area contributed by atoms with Gasteiger partial charge in [0.25, 0.3) is 0 Å². The Morgan fingerprint density at radius 2 is 0.675 bits per heavy atom. The molecular weight excluding hydrogens is 537 g/mol. The lowest BCUT2D eigenvalue weighted by atomic mass is 9.92. The molecule has 4 bridgehead atoms. The zero-order valence-corrected chi connectivity index (χ0v) is 27.0. The van der Waals surface area contributed by atoms with Crippen LogP contribution < -0.4 is 0 Å². The maximum atomic E-state index is 13.3. The summed E-state index contributed by atoms with van der Waals surface area (Å²) in [4.78, 5) is 0. The van der Waals surface area contributed by atoms with Gasteiger partial charge in [-0.3, -0.25) is 0 Å². The Morgan fingerprint density at radius 3 is 1.05 bits per heavy atom. The highest BCUT2D eigenvalue weighted by molar-refractivity contribution is 7.90. The number of hydrogen-bond acceptors (Lipinski definition) is 4. The second-order valence-electron chi connectivity index (χ2n) is 12.9. The molecule has 0 fully saturated rings. The predicted molar refractivity (Wildman–Crippen MR) is 170 cm³/mol. The van der Waals surface area contributed by atoms with E-state index < -0.39 is 19.7 Å². The highest BCUT2D eigenvalue weighted by Crippen LogP contribution is 2.27. The van der Waals surface area contributed by atoms with Crippen molar-refractivity contribution in [3.05, 3.63) is 34.4 Å². The molecule has 1 heterocycles. The summed E-state index contributed by atoms with van der Waals surface area (Å²) in [6, 6.07) is 4.27. The molecule has 0 radical (unpaired) electrons. The van der Waals surface area contributed by atoms with Gasteiger partial charge in [-0.05, 0) is 60.8 Å². The van der Waals surface area contributed by atoms with Gasteiger partial charge in [0.2, 0.25) is 0 Å². The van der Waals surface area contributed by atoms with Gasteiger partial charge in [0.15, 0.2) is 19.7 Å². The van der Waals surface area contributed by atoms with Crippen LogP contribution in [0.25, 0.3) is 0 Å². The molecule has 0 aromatic heterocycles. The SMILES string of the molecule is O=S1(=O)CCCCCCCCCCCCS(=O)(=O)Cc2cc3cc(c2CCCCCCCCCCCCCC3)C1. The fourth-order valence-corrected chi connectivity index (χ4v) is 9.71. The zero-order chi connectivity index (χ0) is 28.5. The summed E-state index contributed by atoms with van der Waals surface area (Å²) in [7, 11) is -6.49. The molecule has 0 N–H and O–H groups in total. The van der Waals surface area contributed by atoms with Gasteiger partial charge in [-0.25, -0.2) is 16.8 Å². The average Bonchev–Trinajstić information content (AvgIpc) is 2.89. The van der Waals surface area contributed by atoms with Crippen molar-refractivity contribution in [1.29, 1.82) is 0 Å². The van der Waals surface area contributed by atoms with Crippen molar-refractivity contribution >= 4 is 19.7 Å². The van der Waals surface area contributed by atoms with Gasteiger partial charge in [0, 0.05) is 0 Å². The molecule has 0 amide bonds. The molecule has 1 aliphatic heterocycles. The maximum Gasteiger partial charge on any atom is 0.154 e. The molecule has 1 aromatic rings. The molecule has 0 saturated heterocycles. The quantitative estimate of drug-likeness (QED) is 0.300.